The van der Waals surface area contributed by atoms with Gasteiger partial charge in [0.2, 0.25) is 0 Å². The molecule has 1 aromatic heterocycles. The second kappa shape index (κ2) is 4.06. The normalized spacial score (nSPS) is 14.8. The fourth-order valence-electron chi connectivity index (χ4n) is 1.82. The van der Waals surface area contributed by atoms with Crippen molar-refractivity contribution in [3.63, 3.8) is 0 Å². The highest BCUT2D eigenvalue weighted by Crippen LogP contribution is 2.18. The molecule has 0 fully saturated rings. The first-order chi connectivity index (χ1) is 7.16. The number of hydrogen-bond acceptors (Lipinski definition) is 4. The Morgan fingerprint density at radius 3 is 3.00 bits per heavy atom. The lowest BCUT2D eigenvalue weighted by atomic mass is 10.0. The highest BCUT2D eigenvalue weighted by molar-refractivity contribution is 5.78. The molecule has 0 unspecified atom stereocenters. The first kappa shape index (κ1) is 10.2. The van der Waals surface area contributed by atoms with Gasteiger partial charge in [-0.05, 0) is 13.8 Å². The van der Waals surface area contributed by atoms with Crippen molar-refractivity contribution in [2.24, 2.45) is 0 Å². The Morgan fingerprint density at radius 1 is 1.47 bits per heavy atom. The van der Waals surface area contributed by atoms with Crippen molar-refractivity contribution in [2.75, 3.05) is 6.61 Å². The largest absolute Gasteiger partial charge is 0.376 e. The summed E-state index contributed by atoms with van der Waals surface area (Å²) in [6.45, 7) is 4.69. The molecule has 80 valence electrons. The third-order valence-electron chi connectivity index (χ3n) is 2.44. The molecule has 0 amide bonds. The van der Waals surface area contributed by atoms with E-state index in [0.717, 1.165) is 29.2 Å². The fourth-order valence-corrected chi connectivity index (χ4v) is 1.82. The number of carbonyl (C=O) groups excluding carboxylic acids is 1. The van der Waals surface area contributed by atoms with Crippen LogP contribution < -0.4 is 0 Å². The van der Waals surface area contributed by atoms with Crippen LogP contribution in [0.4, 0.5) is 0 Å². The second-order valence-electron chi connectivity index (χ2n) is 3.82. The summed E-state index contributed by atoms with van der Waals surface area (Å²) in [5.41, 5.74) is 2.90. The molecule has 0 spiro atoms. The van der Waals surface area contributed by atoms with E-state index in [2.05, 4.69) is 9.97 Å². The number of hydrogen-bond donors (Lipinski definition) is 0. The van der Waals surface area contributed by atoms with Crippen molar-refractivity contribution in [3.8, 4) is 0 Å². The average Bonchev–Trinajstić information content (AvgIpc) is 2.16. The third kappa shape index (κ3) is 2.21. The van der Waals surface area contributed by atoms with Gasteiger partial charge in [-0.3, -0.25) is 4.79 Å². The Bertz CT molecular complexity index is 402. The SMILES string of the molecule is CC(=O)Cc1nc(C)nc2c1COCC2. The van der Waals surface area contributed by atoms with Gasteiger partial charge in [0.25, 0.3) is 0 Å². The number of ether oxygens (including phenoxy) is 1. The van der Waals surface area contributed by atoms with Crippen LogP contribution in [0.5, 0.6) is 0 Å². The van der Waals surface area contributed by atoms with Gasteiger partial charge in [-0.2, -0.15) is 0 Å². The van der Waals surface area contributed by atoms with Crippen LogP contribution in [0.3, 0.4) is 0 Å². The van der Waals surface area contributed by atoms with Crippen LogP contribution >= 0.6 is 0 Å². The van der Waals surface area contributed by atoms with Gasteiger partial charge in [-0.15, -0.1) is 0 Å². The van der Waals surface area contributed by atoms with E-state index in [-0.39, 0.29) is 5.78 Å². The number of aryl methyl sites for hydroxylation is 1. The summed E-state index contributed by atoms with van der Waals surface area (Å²) in [5, 5.41) is 0. The van der Waals surface area contributed by atoms with Crippen LogP contribution in [0.25, 0.3) is 0 Å². The zero-order chi connectivity index (χ0) is 10.8. The Morgan fingerprint density at radius 2 is 2.27 bits per heavy atom. The molecule has 1 aromatic rings. The highest BCUT2D eigenvalue weighted by Gasteiger charge is 2.17. The smallest absolute Gasteiger partial charge is 0.135 e. The maximum Gasteiger partial charge on any atom is 0.135 e. The minimum Gasteiger partial charge on any atom is -0.376 e. The Labute approximate surface area is 88.7 Å². The summed E-state index contributed by atoms with van der Waals surface area (Å²) in [6, 6.07) is 0. The fraction of sp³-hybridized carbons (Fsp3) is 0.545. The number of ketones is 1. The predicted molar refractivity (Wildman–Crippen MR) is 54.5 cm³/mol. The molecule has 0 atom stereocenters. The first-order valence-corrected chi connectivity index (χ1v) is 5.09. The van der Waals surface area contributed by atoms with Crippen molar-refractivity contribution < 1.29 is 9.53 Å². The summed E-state index contributed by atoms with van der Waals surface area (Å²) in [7, 11) is 0. The molecule has 1 aliphatic rings. The summed E-state index contributed by atoms with van der Waals surface area (Å²) in [4.78, 5) is 19.8. The van der Waals surface area contributed by atoms with Gasteiger partial charge in [0, 0.05) is 18.4 Å². The first-order valence-electron chi connectivity index (χ1n) is 5.09. The Balaban J connectivity index is 2.43. The van der Waals surface area contributed by atoms with Gasteiger partial charge < -0.3 is 4.74 Å². The van der Waals surface area contributed by atoms with Crippen LogP contribution in [-0.2, 0) is 29.0 Å². The summed E-state index contributed by atoms with van der Waals surface area (Å²) in [5.74, 6) is 0.868. The van der Waals surface area contributed by atoms with Crippen molar-refractivity contribution in [1.29, 1.82) is 0 Å². The van der Waals surface area contributed by atoms with Crippen LogP contribution in [0.15, 0.2) is 0 Å². The highest BCUT2D eigenvalue weighted by atomic mass is 16.5. The lowest BCUT2D eigenvalue weighted by Gasteiger charge is -2.18. The number of rotatable bonds is 2. The maximum absolute atomic E-state index is 11.1. The summed E-state index contributed by atoms with van der Waals surface area (Å²) < 4.78 is 5.37. The molecular weight excluding hydrogens is 192 g/mol. The number of Topliss-reactive ketones (excluding diaryl/α,β-unsaturated/α-hetero) is 1. The molecule has 0 N–H and O–H groups in total. The summed E-state index contributed by atoms with van der Waals surface area (Å²) >= 11 is 0. The van der Waals surface area contributed by atoms with Crippen molar-refractivity contribution in [2.45, 2.75) is 33.3 Å². The van der Waals surface area contributed by atoms with Gasteiger partial charge in [-0.25, -0.2) is 9.97 Å². The topological polar surface area (TPSA) is 52.1 Å². The Kier molecular flexibility index (Phi) is 2.77. The third-order valence-corrected chi connectivity index (χ3v) is 2.44. The second-order valence-corrected chi connectivity index (χ2v) is 3.82. The van der Waals surface area contributed by atoms with E-state index in [9.17, 15) is 4.79 Å². The van der Waals surface area contributed by atoms with Crippen molar-refractivity contribution in [3.05, 3.63) is 22.8 Å². The Hall–Kier alpha value is -1.29. The van der Waals surface area contributed by atoms with E-state index < -0.39 is 0 Å². The van der Waals surface area contributed by atoms with Crippen LogP contribution in [0.1, 0.15) is 29.7 Å². The van der Waals surface area contributed by atoms with Crippen LogP contribution in [0, 0.1) is 6.92 Å². The summed E-state index contributed by atoms with van der Waals surface area (Å²) in [6.07, 6.45) is 1.21. The molecule has 0 bridgehead atoms. The van der Waals surface area contributed by atoms with Crippen LogP contribution in [-0.4, -0.2) is 22.4 Å². The van der Waals surface area contributed by atoms with Gasteiger partial charge in [-0.1, -0.05) is 0 Å². The van der Waals surface area contributed by atoms with Gasteiger partial charge in [0.05, 0.1) is 24.6 Å². The number of aromatic nitrogens is 2. The van der Waals surface area contributed by atoms with Crippen molar-refractivity contribution in [1.82, 2.24) is 9.97 Å². The molecule has 4 heteroatoms. The van der Waals surface area contributed by atoms with E-state index >= 15 is 0 Å². The predicted octanol–water partition coefficient (Wildman–Crippen LogP) is 0.989. The monoisotopic (exact) mass is 206 g/mol. The number of fused-ring (bicyclic) bond motifs is 1. The molecule has 4 nitrogen and oxygen atoms in total. The van der Waals surface area contributed by atoms with E-state index in [1.54, 1.807) is 6.92 Å². The number of carbonyl (C=O) groups is 1. The van der Waals surface area contributed by atoms with E-state index in [0.29, 0.717) is 19.6 Å². The molecule has 0 aliphatic carbocycles. The lowest BCUT2D eigenvalue weighted by Crippen LogP contribution is -2.18. The molecule has 0 aromatic carbocycles. The molecule has 1 aliphatic heterocycles. The molecular formula is C11H14N2O2. The zero-order valence-electron chi connectivity index (χ0n) is 9.04. The molecule has 0 radical (unpaired) electrons. The molecule has 0 saturated carbocycles. The standard InChI is InChI=1S/C11H14N2O2/c1-7(14)5-11-9-6-15-4-3-10(9)12-8(2)13-11/h3-6H2,1-2H3. The minimum atomic E-state index is 0.126. The van der Waals surface area contributed by atoms with E-state index in [1.165, 1.54) is 0 Å². The lowest BCUT2D eigenvalue weighted by molar-refractivity contribution is -0.116. The van der Waals surface area contributed by atoms with Gasteiger partial charge in [0.15, 0.2) is 0 Å². The van der Waals surface area contributed by atoms with Crippen LogP contribution in [0.2, 0.25) is 0 Å². The number of nitrogens with zero attached hydrogens (tertiary/aromatic N) is 2. The average molecular weight is 206 g/mol. The quantitative estimate of drug-likeness (QED) is 0.724. The molecule has 2 rings (SSSR count). The molecule has 2 heterocycles. The van der Waals surface area contributed by atoms with Gasteiger partial charge in [0.1, 0.15) is 11.6 Å². The zero-order valence-corrected chi connectivity index (χ0v) is 9.04. The maximum atomic E-state index is 11.1. The van der Waals surface area contributed by atoms with Crippen molar-refractivity contribution >= 4 is 5.78 Å². The minimum absolute atomic E-state index is 0.126. The molecule has 0 saturated heterocycles. The molecule has 15 heavy (non-hydrogen) atoms. The van der Waals surface area contributed by atoms with E-state index in [4.69, 9.17) is 4.74 Å². The van der Waals surface area contributed by atoms with Gasteiger partial charge >= 0.3 is 0 Å². The van der Waals surface area contributed by atoms with E-state index in [1.807, 2.05) is 6.92 Å².